The number of hydrogen-bond donors (Lipinski definition) is 2. The third kappa shape index (κ3) is 3.04. The minimum atomic E-state index is 0.141. The van der Waals surface area contributed by atoms with Crippen LogP contribution in [0.4, 0.5) is 0 Å². The van der Waals surface area contributed by atoms with E-state index in [0.29, 0.717) is 6.42 Å². The van der Waals surface area contributed by atoms with Gasteiger partial charge < -0.3 is 10.6 Å². The average Bonchev–Trinajstić information content (AvgIpc) is 2.69. The Hall–Kier alpha value is -1.01. The van der Waals surface area contributed by atoms with Gasteiger partial charge in [0.05, 0.1) is 5.92 Å². The van der Waals surface area contributed by atoms with Gasteiger partial charge in [-0.25, -0.2) is 0 Å². The van der Waals surface area contributed by atoms with Crippen LogP contribution in [0.15, 0.2) is 0 Å². The maximum atomic E-state index is 11.7. The molecular formula is C11H18N2O. The van der Waals surface area contributed by atoms with Crippen LogP contribution in [0.1, 0.15) is 26.2 Å². The molecule has 1 aliphatic rings. The number of carbonyl (C=O) groups excluding carboxylic acids is 1. The first-order valence-corrected chi connectivity index (χ1v) is 5.22. The summed E-state index contributed by atoms with van der Waals surface area (Å²) in [5.74, 6) is 2.87. The highest BCUT2D eigenvalue weighted by atomic mass is 16.2. The van der Waals surface area contributed by atoms with Crippen molar-refractivity contribution < 1.29 is 4.79 Å². The van der Waals surface area contributed by atoms with Crippen LogP contribution in [0.2, 0.25) is 0 Å². The molecule has 0 saturated carbocycles. The molecular weight excluding hydrogens is 176 g/mol. The van der Waals surface area contributed by atoms with E-state index in [9.17, 15) is 4.79 Å². The van der Waals surface area contributed by atoms with Gasteiger partial charge in [-0.1, -0.05) is 6.92 Å². The molecule has 1 amide bonds. The van der Waals surface area contributed by atoms with E-state index in [2.05, 4.69) is 16.6 Å². The Labute approximate surface area is 85.6 Å². The third-order valence-electron chi connectivity index (χ3n) is 2.63. The van der Waals surface area contributed by atoms with E-state index in [1.54, 1.807) is 0 Å². The van der Waals surface area contributed by atoms with Gasteiger partial charge in [0.2, 0.25) is 5.91 Å². The first-order valence-electron chi connectivity index (χ1n) is 5.22. The van der Waals surface area contributed by atoms with E-state index in [4.69, 9.17) is 6.42 Å². The molecule has 0 aromatic carbocycles. The van der Waals surface area contributed by atoms with Crippen LogP contribution >= 0.6 is 0 Å². The fraction of sp³-hybridized carbons (Fsp3) is 0.727. The van der Waals surface area contributed by atoms with Crippen molar-refractivity contribution in [2.24, 2.45) is 5.92 Å². The van der Waals surface area contributed by atoms with Gasteiger partial charge in [0.25, 0.3) is 0 Å². The van der Waals surface area contributed by atoms with Gasteiger partial charge in [-0.15, -0.1) is 12.3 Å². The molecule has 1 heterocycles. The van der Waals surface area contributed by atoms with Crippen molar-refractivity contribution in [1.82, 2.24) is 10.6 Å². The minimum Gasteiger partial charge on any atom is -0.352 e. The maximum Gasteiger partial charge on any atom is 0.224 e. The van der Waals surface area contributed by atoms with Crippen molar-refractivity contribution in [2.45, 2.75) is 32.2 Å². The summed E-state index contributed by atoms with van der Waals surface area (Å²) in [6.07, 6.45) is 7.69. The van der Waals surface area contributed by atoms with E-state index in [1.807, 2.05) is 6.92 Å². The Morgan fingerprint density at radius 3 is 3.07 bits per heavy atom. The molecule has 1 rings (SSSR count). The molecule has 1 fully saturated rings. The van der Waals surface area contributed by atoms with Gasteiger partial charge in [0.1, 0.15) is 0 Å². The number of carbonyl (C=O) groups is 1. The van der Waals surface area contributed by atoms with Crippen LogP contribution in [-0.4, -0.2) is 25.0 Å². The number of hydrogen-bond acceptors (Lipinski definition) is 2. The van der Waals surface area contributed by atoms with Gasteiger partial charge in [-0.05, 0) is 19.4 Å². The van der Waals surface area contributed by atoms with Gasteiger partial charge in [-0.2, -0.15) is 0 Å². The maximum absolute atomic E-state index is 11.7. The van der Waals surface area contributed by atoms with Crippen molar-refractivity contribution in [3.05, 3.63) is 0 Å². The summed E-state index contributed by atoms with van der Waals surface area (Å²) in [5.41, 5.74) is 0. The van der Waals surface area contributed by atoms with E-state index in [0.717, 1.165) is 25.9 Å². The lowest BCUT2D eigenvalue weighted by Crippen LogP contribution is -2.39. The predicted molar refractivity (Wildman–Crippen MR) is 56.6 cm³/mol. The highest BCUT2D eigenvalue weighted by molar-refractivity contribution is 5.79. The average molecular weight is 194 g/mol. The first kappa shape index (κ1) is 11.1. The summed E-state index contributed by atoms with van der Waals surface area (Å²) in [5, 5.41) is 6.16. The lowest BCUT2D eigenvalue weighted by Gasteiger charge is -2.16. The summed E-state index contributed by atoms with van der Waals surface area (Å²) in [6, 6.07) is 0.146. The summed E-state index contributed by atoms with van der Waals surface area (Å²) < 4.78 is 0. The minimum absolute atomic E-state index is 0.141. The molecule has 14 heavy (non-hydrogen) atoms. The van der Waals surface area contributed by atoms with Gasteiger partial charge in [0.15, 0.2) is 0 Å². The van der Waals surface area contributed by atoms with E-state index < -0.39 is 0 Å². The Balaban J connectivity index is 2.34. The van der Waals surface area contributed by atoms with Crippen molar-refractivity contribution in [2.75, 3.05) is 13.1 Å². The summed E-state index contributed by atoms with van der Waals surface area (Å²) in [6.45, 7) is 3.79. The topological polar surface area (TPSA) is 41.1 Å². The highest BCUT2D eigenvalue weighted by Crippen LogP contribution is 2.08. The summed E-state index contributed by atoms with van der Waals surface area (Å²) >= 11 is 0. The first-order chi connectivity index (χ1) is 6.77. The van der Waals surface area contributed by atoms with Crippen LogP contribution in [0.5, 0.6) is 0 Å². The second kappa shape index (κ2) is 5.66. The molecule has 2 unspecified atom stereocenters. The molecule has 0 spiro atoms. The Bertz CT molecular complexity index is 226. The summed E-state index contributed by atoms with van der Waals surface area (Å²) in [4.78, 5) is 11.7. The predicted octanol–water partition coefficient (Wildman–Crippen LogP) is 0.514. The zero-order chi connectivity index (χ0) is 10.4. The lowest BCUT2D eigenvalue weighted by molar-refractivity contribution is -0.125. The number of terminal acetylenes is 1. The molecule has 78 valence electrons. The molecule has 0 aromatic rings. The van der Waals surface area contributed by atoms with Crippen LogP contribution in [0, 0.1) is 18.3 Å². The summed E-state index contributed by atoms with van der Waals surface area (Å²) in [7, 11) is 0. The monoisotopic (exact) mass is 194 g/mol. The van der Waals surface area contributed by atoms with Crippen molar-refractivity contribution in [3.8, 4) is 12.3 Å². The van der Waals surface area contributed by atoms with Crippen LogP contribution in [0.3, 0.4) is 0 Å². The molecule has 2 atom stereocenters. The fourth-order valence-corrected chi connectivity index (χ4v) is 1.64. The van der Waals surface area contributed by atoms with Crippen LogP contribution in [0.25, 0.3) is 0 Å². The van der Waals surface area contributed by atoms with Gasteiger partial charge >= 0.3 is 0 Å². The van der Waals surface area contributed by atoms with Gasteiger partial charge in [-0.3, -0.25) is 4.79 Å². The van der Waals surface area contributed by atoms with Crippen molar-refractivity contribution in [3.63, 3.8) is 0 Å². The smallest absolute Gasteiger partial charge is 0.224 e. The van der Waals surface area contributed by atoms with Crippen LogP contribution in [-0.2, 0) is 4.79 Å². The molecule has 0 aliphatic carbocycles. The molecule has 1 saturated heterocycles. The fourth-order valence-electron chi connectivity index (χ4n) is 1.64. The molecule has 0 radical (unpaired) electrons. The zero-order valence-corrected chi connectivity index (χ0v) is 8.68. The molecule has 3 nitrogen and oxygen atoms in total. The molecule has 0 bridgehead atoms. The molecule has 2 N–H and O–H groups in total. The second-order valence-electron chi connectivity index (χ2n) is 3.71. The normalized spacial score (nSPS) is 22.7. The van der Waals surface area contributed by atoms with E-state index in [1.165, 1.54) is 0 Å². The van der Waals surface area contributed by atoms with Gasteiger partial charge in [0, 0.05) is 19.0 Å². The standard InChI is InChI=1S/C11H18N2O/c1-3-5-10(4-2)13-11(14)9-6-7-12-8-9/h1,9-10,12H,4-8H2,2H3,(H,13,14). The number of amides is 1. The number of rotatable bonds is 4. The largest absolute Gasteiger partial charge is 0.352 e. The zero-order valence-electron chi connectivity index (χ0n) is 8.68. The van der Waals surface area contributed by atoms with Crippen molar-refractivity contribution in [1.29, 1.82) is 0 Å². The SMILES string of the molecule is C#CCC(CC)NC(=O)C1CCNC1. The Morgan fingerprint density at radius 2 is 2.57 bits per heavy atom. The molecule has 3 heteroatoms. The lowest BCUT2D eigenvalue weighted by atomic mass is 10.1. The van der Waals surface area contributed by atoms with E-state index in [-0.39, 0.29) is 17.9 Å². The quantitative estimate of drug-likeness (QED) is 0.640. The Kier molecular flexibility index (Phi) is 4.48. The highest BCUT2D eigenvalue weighted by Gasteiger charge is 2.23. The van der Waals surface area contributed by atoms with Crippen LogP contribution < -0.4 is 10.6 Å². The second-order valence-corrected chi connectivity index (χ2v) is 3.71. The third-order valence-corrected chi connectivity index (χ3v) is 2.63. The van der Waals surface area contributed by atoms with Crippen molar-refractivity contribution >= 4 is 5.91 Å². The van der Waals surface area contributed by atoms with E-state index >= 15 is 0 Å². The number of nitrogens with one attached hydrogen (secondary N) is 2. The molecule has 0 aromatic heterocycles. The Morgan fingerprint density at radius 1 is 1.79 bits per heavy atom. The molecule has 1 aliphatic heterocycles.